The Morgan fingerprint density at radius 1 is 1.03 bits per heavy atom. The summed E-state index contributed by atoms with van der Waals surface area (Å²) in [6.07, 6.45) is 1.81. The van der Waals surface area contributed by atoms with Gasteiger partial charge >= 0.3 is 0 Å². The van der Waals surface area contributed by atoms with Crippen molar-refractivity contribution in [2.45, 2.75) is 38.8 Å². The zero-order valence-electron chi connectivity index (χ0n) is 17.7. The molecule has 0 spiro atoms. The molecule has 0 saturated heterocycles. The van der Waals surface area contributed by atoms with E-state index in [9.17, 15) is 14.4 Å². The molecule has 2 amide bonds. The number of hydrogen-bond acceptors (Lipinski definition) is 6. The fourth-order valence-corrected chi connectivity index (χ4v) is 3.47. The number of aromatic nitrogens is 2. The van der Waals surface area contributed by atoms with E-state index < -0.39 is 17.9 Å². The minimum atomic E-state index is -0.919. The van der Waals surface area contributed by atoms with Gasteiger partial charge in [-0.2, -0.15) is 5.10 Å². The second-order valence-electron chi connectivity index (χ2n) is 7.44. The summed E-state index contributed by atoms with van der Waals surface area (Å²) in [5, 5.41) is 5.10. The van der Waals surface area contributed by atoms with Crippen LogP contribution in [0.25, 0.3) is 10.8 Å². The molecule has 1 unspecified atom stereocenters. The average Bonchev–Trinajstić information content (AvgIpc) is 2.83. The van der Waals surface area contributed by atoms with Gasteiger partial charge in [0.1, 0.15) is 6.61 Å². The van der Waals surface area contributed by atoms with Crippen LogP contribution in [0.5, 0.6) is 11.5 Å². The standard InChI is InChI=1S/C23H24N4O5/c1-2-3-8-13-27-23(30)16-10-5-4-9-15(16)20(26-27)22(29)25-24-21(28)19-14-31-17-11-6-7-12-18(17)32-19/h4-7,9-12,19H,2-3,8,13-14H2,1H3,(H,24,28)(H,25,29). The van der Waals surface area contributed by atoms with Gasteiger partial charge in [0.15, 0.2) is 17.2 Å². The minimum Gasteiger partial charge on any atom is -0.485 e. The Labute approximate surface area is 184 Å². The van der Waals surface area contributed by atoms with E-state index in [0.29, 0.717) is 28.8 Å². The maximum absolute atomic E-state index is 12.9. The number of carbonyl (C=O) groups is 2. The van der Waals surface area contributed by atoms with Crippen LogP contribution in [0.15, 0.2) is 53.3 Å². The summed E-state index contributed by atoms with van der Waals surface area (Å²) in [7, 11) is 0. The van der Waals surface area contributed by atoms with E-state index in [2.05, 4.69) is 22.9 Å². The molecule has 4 rings (SSSR count). The Morgan fingerprint density at radius 3 is 2.53 bits per heavy atom. The topological polar surface area (TPSA) is 112 Å². The number of unbranched alkanes of at least 4 members (excludes halogenated alkanes) is 2. The highest BCUT2D eigenvalue weighted by Crippen LogP contribution is 2.30. The molecule has 0 aliphatic carbocycles. The van der Waals surface area contributed by atoms with Gasteiger partial charge in [0, 0.05) is 11.9 Å². The summed E-state index contributed by atoms with van der Waals surface area (Å²) in [5.74, 6) is -0.178. The lowest BCUT2D eigenvalue weighted by atomic mass is 10.1. The van der Waals surface area contributed by atoms with E-state index >= 15 is 0 Å². The number of aryl methyl sites for hydroxylation is 1. The van der Waals surface area contributed by atoms with E-state index in [0.717, 1.165) is 19.3 Å². The van der Waals surface area contributed by atoms with Crippen molar-refractivity contribution in [3.8, 4) is 11.5 Å². The minimum absolute atomic E-state index is 0.0161. The lowest BCUT2D eigenvalue weighted by molar-refractivity contribution is -0.131. The number of hydrazine groups is 1. The lowest BCUT2D eigenvalue weighted by Crippen LogP contribution is -2.51. The maximum Gasteiger partial charge on any atom is 0.290 e. The number of fused-ring (bicyclic) bond motifs is 2. The van der Waals surface area contributed by atoms with Gasteiger partial charge in [0.2, 0.25) is 6.10 Å². The van der Waals surface area contributed by atoms with Crippen molar-refractivity contribution < 1.29 is 19.1 Å². The van der Waals surface area contributed by atoms with Crippen LogP contribution in [0.4, 0.5) is 0 Å². The van der Waals surface area contributed by atoms with Crippen molar-refractivity contribution in [2.24, 2.45) is 0 Å². The third-order valence-electron chi connectivity index (χ3n) is 5.16. The van der Waals surface area contributed by atoms with Crippen molar-refractivity contribution in [3.63, 3.8) is 0 Å². The van der Waals surface area contributed by atoms with E-state index in [1.807, 2.05) is 6.07 Å². The predicted molar refractivity (Wildman–Crippen MR) is 117 cm³/mol. The fourth-order valence-electron chi connectivity index (χ4n) is 3.47. The van der Waals surface area contributed by atoms with E-state index in [1.165, 1.54) is 4.68 Å². The fraction of sp³-hybridized carbons (Fsp3) is 0.304. The number of para-hydroxylation sites is 2. The Morgan fingerprint density at radius 2 is 1.75 bits per heavy atom. The van der Waals surface area contributed by atoms with Crippen molar-refractivity contribution in [2.75, 3.05) is 6.61 Å². The Hall–Kier alpha value is -3.88. The largest absolute Gasteiger partial charge is 0.485 e. The van der Waals surface area contributed by atoms with Gasteiger partial charge in [-0.25, -0.2) is 4.68 Å². The van der Waals surface area contributed by atoms with Crippen molar-refractivity contribution in [3.05, 3.63) is 64.6 Å². The predicted octanol–water partition coefficient (Wildman–Crippen LogP) is 2.19. The molecular weight excluding hydrogens is 412 g/mol. The first-order valence-corrected chi connectivity index (χ1v) is 10.6. The molecule has 9 nitrogen and oxygen atoms in total. The summed E-state index contributed by atoms with van der Waals surface area (Å²) in [4.78, 5) is 38.1. The van der Waals surface area contributed by atoms with E-state index in [4.69, 9.17) is 9.47 Å². The molecule has 166 valence electrons. The second-order valence-corrected chi connectivity index (χ2v) is 7.44. The number of carbonyl (C=O) groups excluding carboxylic acids is 2. The van der Waals surface area contributed by atoms with Gasteiger partial charge in [0.05, 0.1) is 5.39 Å². The van der Waals surface area contributed by atoms with Crippen molar-refractivity contribution in [1.82, 2.24) is 20.6 Å². The third-order valence-corrected chi connectivity index (χ3v) is 5.16. The summed E-state index contributed by atoms with van der Waals surface area (Å²) in [6, 6.07) is 13.8. The van der Waals surface area contributed by atoms with Crippen LogP contribution in [0.1, 0.15) is 36.7 Å². The number of benzene rings is 2. The summed E-state index contributed by atoms with van der Waals surface area (Å²) < 4.78 is 12.5. The molecule has 0 fully saturated rings. The third kappa shape index (κ3) is 4.41. The van der Waals surface area contributed by atoms with Gasteiger partial charge in [0.25, 0.3) is 17.4 Å². The summed E-state index contributed by atoms with van der Waals surface area (Å²) in [5.41, 5.74) is 4.55. The number of rotatable bonds is 6. The second kappa shape index (κ2) is 9.51. The van der Waals surface area contributed by atoms with Crippen LogP contribution in [-0.2, 0) is 11.3 Å². The van der Waals surface area contributed by atoms with Crippen LogP contribution >= 0.6 is 0 Å². The van der Waals surface area contributed by atoms with E-state index in [1.54, 1.807) is 42.5 Å². The Kier molecular flexibility index (Phi) is 6.34. The number of ether oxygens (including phenoxy) is 2. The van der Waals surface area contributed by atoms with Crippen molar-refractivity contribution >= 4 is 22.6 Å². The van der Waals surface area contributed by atoms with Gasteiger partial charge in [-0.3, -0.25) is 25.2 Å². The molecule has 0 saturated carbocycles. The van der Waals surface area contributed by atoms with Crippen LogP contribution < -0.4 is 25.9 Å². The monoisotopic (exact) mass is 436 g/mol. The highest BCUT2D eigenvalue weighted by Gasteiger charge is 2.28. The molecule has 1 aromatic heterocycles. The molecule has 32 heavy (non-hydrogen) atoms. The smallest absolute Gasteiger partial charge is 0.290 e. The molecular formula is C23H24N4O5. The molecule has 2 aromatic carbocycles. The molecule has 9 heteroatoms. The molecule has 0 radical (unpaired) electrons. The van der Waals surface area contributed by atoms with Crippen LogP contribution in [0, 0.1) is 0 Å². The molecule has 1 atom stereocenters. The highest BCUT2D eigenvalue weighted by atomic mass is 16.6. The maximum atomic E-state index is 12.9. The van der Waals surface area contributed by atoms with Gasteiger partial charge in [-0.05, 0) is 24.6 Å². The highest BCUT2D eigenvalue weighted by molar-refractivity contribution is 6.05. The van der Waals surface area contributed by atoms with Crippen LogP contribution in [-0.4, -0.2) is 34.3 Å². The number of nitrogens with one attached hydrogen (secondary N) is 2. The SMILES string of the molecule is CCCCCn1nc(C(=O)NNC(=O)C2COc3ccccc3O2)c2ccccc2c1=O. The first-order valence-electron chi connectivity index (χ1n) is 10.6. The summed E-state index contributed by atoms with van der Waals surface area (Å²) >= 11 is 0. The van der Waals surface area contributed by atoms with Gasteiger partial charge in [-0.15, -0.1) is 0 Å². The first kappa shape index (κ1) is 21.4. The van der Waals surface area contributed by atoms with Gasteiger partial charge in [-0.1, -0.05) is 50.1 Å². The van der Waals surface area contributed by atoms with Crippen LogP contribution in [0.3, 0.4) is 0 Å². The molecule has 2 heterocycles. The summed E-state index contributed by atoms with van der Waals surface area (Å²) in [6.45, 7) is 2.50. The number of nitrogens with zero attached hydrogens (tertiary/aromatic N) is 2. The zero-order chi connectivity index (χ0) is 22.5. The van der Waals surface area contributed by atoms with E-state index in [-0.39, 0.29) is 17.9 Å². The molecule has 1 aliphatic rings. The Balaban J connectivity index is 1.49. The van der Waals surface area contributed by atoms with Crippen LogP contribution in [0.2, 0.25) is 0 Å². The zero-order valence-corrected chi connectivity index (χ0v) is 17.7. The first-order chi connectivity index (χ1) is 15.6. The molecule has 2 N–H and O–H groups in total. The quantitative estimate of drug-likeness (QED) is 0.453. The van der Waals surface area contributed by atoms with Crippen molar-refractivity contribution in [1.29, 1.82) is 0 Å². The lowest BCUT2D eigenvalue weighted by Gasteiger charge is -2.25. The molecule has 0 bridgehead atoms. The number of hydrogen-bond donors (Lipinski definition) is 2. The normalized spacial score (nSPS) is 14.7. The van der Waals surface area contributed by atoms with Gasteiger partial charge < -0.3 is 9.47 Å². The average molecular weight is 436 g/mol. The number of amides is 2. The Bertz CT molecular complexity index is 1210. The molecule has 3 aromatic rings. The molecule has 1 aliphatic heterocycles.